The Bertz CT molecular complexity index is 726. The molecule has 2 amide bonds. The molecule has 6 nitrogen and oxygen atoms in total. The number of carbonyl (C=O) groups excluding carboxylic acids is 2. The van der Waals surface area contributed by atoms with E-state index < -0.39 is 0 Å². The Morgan fingerprint density at radius 3 is 2.80 bits per heavy atom. The Labute approximate surface area is 147 Å². The van der Waals surface area contributed by atoms with Gasteiger partial charge in [-0.05, 0) is 18.9 Å². The van der Waals surface area contributed by atoms with Gasteiger partial charge in [-0.1, -0.05) is 30.3 Å². The summed E-state index contributed by atoms with van der Waals surface area (Å²) in [6.07, 6.45) is 4.77. The van der Waals surface area contributed by atoms with Crippen LogP contribution in [0.3, 0.4) is 0 Å². The van der Waals surface area contributed by atoms with E-state index >= 15 is 0 Å². The molecule has 1 aliphatic heterocycles. The van der Waals surface area contributed by atoms with Gasteiger partial charge in [0.2, 0.25) is 11.8 Å². The lowest BCUT2D eigenvalue weighted by Crippen LogP contribution is -2.35. The molecule has 0 bridgehead atoms. The van der Waals surface area contributed by atoms with Gasteiger partial charge in [0.25, 0.3) is 0 Å². The van der Waals surface area contributed by atoms with E-state index in [1.807, 2.05) is 35.9 Å². The molecule has 2 heterocycles. The number of hydrogen-bond acceptors (Lipinski definition) is 3. The van der Waals surface area contributed by atoms with Gasteiger partial charge >= 0.3 is 0 Å². The van der Waals surface area contributed by atoms with Gasteiger partial charge in [0, 0.05) is 45.0 Å². The van der Waals surface area contributed by atoms with Crippen molar-refractivity contribution in [2.24, 2.45) is 5.92 Å². The first-order chi connectivity index (χ1) is 12.1. The third-order valence-electron chi connectivity index (χ3n) is 4.67. The van der Waals surface area contributed by atoms with E-state index in [4.69, 9.17) is 0 Å². The molecule has 1 atom stereocenters. The number of likely N-dealkylation sites (tertiary alicyclic amines) is 1. The molecule has 25 heavy (non-hydrogen) atoms. The van der Waals surface area contributed by atoms with Gasteiger partial charge in [-0.2, -0.15) is 0 Å². The van der Waals surface area contributed by atoms with Crippen LogP contribution in [0.25, 0.3) is 0 Å². The predicted octanol–water partition coefficient (Wildman–Crippen LogP) is 1.40. The number of rotatable bonds is 7. The molecule has 0 spiro atoms. The molecule has 0 unspecified atom stereocenters. The lowest BCUT2D eigenvalue weighted by molar-refractivity contribution is -0.129. The summed E-state index contributed by atoms with van der Waals surface area (Å²) in [5.41, 5.74) is 1.21. The van der Waals surface area contributed by atoms with E-state index in [0.717, 1.165) is 12.2 Å². The highest BCUT2D eigenvalue weighted by Crippen LogP contribution is 2.18. The van der Waals surface area contributed by atoms with Crippen molar-refractivity contribution in [2.75, 3.05) is 19.6 Å². The van der Waals surface area contributed by atoms with Crippen molar-refractivity contribution in [3.8, 4) is 0 Å². The first-order valence-electron chi connectivity index (χ1n) is 8.70. The molecule has 1 N–H and O–H groups in total. The highest BCUT2D eigenvalue weighted by molar-refractivity contribution is 5.89. The fourth-order valence-electron chi connectivity index (χ4n) is 3.16. The maximum absolute atomic E-state index is 12.3. The Balaban J connectivity index is 1.43. The topological polar surface area (TPSA) is 67.2 Å². The molecule has 6 heteroatoms. The van der Waals surface area contributed by atoms with E-state index in [-0.39, 0.29) is 17.7 Å². The van der Waals surface area contributed by atoms with Crippen LogP contribution in [0.4, 0.5) is 0 Å². The molecule has 132 valence electrons. The zero-order chi connectivity index (χ0) is 17.6. The van der Waals surface area contributed by atoms with Gasteiger partial charge in [-0.25, -0.2) is 4.98 Å². The van der Waals surface area contributed by atoms with Crippen LogP contribution < -0.4 is 5.32 Å². The first kappa shape index (κ1) is 17.2. The van der Waals surface area contributed by atoms with Crippen LogP contribution in [-0.2, 0) is 22.6 Å². The zero-order valence-electron chi connectivity index (χ0n) is 14.5. The quantitative estimate of drug-likeness (QED) is 0.828. The molecular formula is C19H24N4O2. The summed E-state index contributed by atoms with van der Waals surface area (Å²) in [7, 11) is 0. The first-order valence-corrected chi connectivity index (χ1v) is 8.70. The maximum Gasteiger partial charge on any atom is 0.225 e. The highest BCUT2D eigenvalue weighted by Gasteiger charge is 2.33. The molecule has 0 saturated carbocycles. The highest BCUT2D eigenvalue weighted by atomic mass is 16.2. The fraction of sp³-hybridized carbons (Fsp3) is 0.421. The third kappa shape index (κ3) is 4.47. The molecule has 3 rings (SSSR count). The van der Waals surface area contributed by atoms with E-state index in [0.29, 0.717) is 32.6 Å². The maximum atomic E-state index is 12.3. The minimum absolute atomic E-state index is 0.0340. The van der Waals surface area contributed by atoms with Crippen LogP contribution >= 0.6 is 0 Å². The number of hydrogen-bond donors (Lipinski definition) is 1. The van der Waals surface area contributed by atoms with Crippen LogP contribution in [0.15, 0.2) is 42.7 Å². The summed E-state index contributed by atoms with van der Waals surface area (Å²) < 4.78 is 1.99. The Morgan fingerprint density at radius 2 is 2.08 bits per heavy atom. The van der Waals surface area contributed by atoms with E-state index in [9.17, 15) is 9.59 Å². The standard InChI is InChI=1S/C19H24N4O2/c1-15-20-8-11-22(15)12-9-21-19(25)17-13-18(24)23(14-17)10-7-16-5-3-2-4-6-16/h2-6,8,11,17H,7,9-10,12-14H2,1H3,(H,21,25)/t17-/m0/s1. The molecule has 1 saturated heterocycles. The van der Waals surface area contributed by atoms with Gasteiger partial charge in [0.15, 0.2) is 0 Å². The smallest absolute Gasteiger partial charge is 0.225 e. The molecule has 0 radical (unpaired) electrons. The van der Waals surface area contributed by atoms with Gasteiger partial charge < -0.3 is 14.8 Å². The van der Waals surface area contributed by atoms with Crippen molar-refractivity contribution in [1.82, 2.24) is 19.8 Å². The van der Waals surface area contributed by atoms with Gasteiger partial charge in [0.05, 0.1) is 5.92 Å². The second-order valence-electron chi connectivity index (χ2n) is 6.44. The summed E-state index contributed by atoms with van der Waals surface area (Å²) in [6, 6.07) is 10.1. The molecular weight excluding hydrogens is 316 g/mol. The number of carbonyl (C=O) groups is 2. The SMILES string of the molecule is Cc1nccn1CCNC(=O)[C@H]1CC(=O)N(CCc2ccccc2)C1. The summed E-state index contributed by atoms with van der Waals surface area (Å²) >= 11 is 0. The summed E-state index contributed by atoms with van der Waals surface area (Å²) in [4.78, 5) is 30.4. The lowest BCUT2D eigenvalue weighted by Gasteiger charge is -2.16. The molecule has 1 aromatic carbocycles. The summed E-state index contributed by atoms with van der Waals surface area (Å²) in [5.74, 6) is 0.722. The zero-order valence-corrected chi connectivity index (χ0v) is 14.5. The predicted molar refractivity (Wildman–Crippen MR) is 94.8 cm³/mol. The lowest BCUT2D eigenvalue weighted by atomic mass is 10.1. The van der Waals surface area contributed by atoms with Crippen LogP contribution in [-0.4, -0.2) is 45.9 Å². The van der Waals surface area contributed by atoms with Crippen molar-refractivity contribution in [1.29, 1.82) is 0 Å². The number of aromatic nitrogens is 2. The van der Waals surface area contributed by atoms with Crippen LogP contribution in [0.5, 0.6) is 0 Å². The van der Waals surface area contributed by atoms with E-state index in [1.165, 1.54) is 5.56 Å². The second-order valence-corrected chi connectivity index (χ2v) is 6.44. The van der Waals surface area contributed by atoms with Gasteiger partial charge in [-0.15, -0.1) is 0 Å². The van der Waals surface area contributed by atoms with Crippen molar-refractivity contribution in [3.05, 3.63) is 54.1 Å². The van der Waals surface area contributed by atoms with E-state index in [1.54, 1.807) is 11.1 Å². The monoisotopic (exact) mass is 340 g/mol. The number of benzene rings is 1. The minimum Gasteiger partial charge on any atom is -0.354 e. The van der Waals surface area contributed by atoms with Crippen molar-refractivity contribution < 1.29 is 9.59 Å². The van der Waals surface area contributed by atoms with Crippen LogP contribution in [0, 0.1) is 12.8 Å². The number of nitrogens with one attached hydrogen (secondary N) is 1. The number of amides is 2. The molecule has 0 aliphatic carbocycles. The van der Waals surface area contributed by atoms with Gasteiger partial charge in [0.1, 0.15) is 5.82 Å². The number of nitrogens with zero attached hydrogens (tertiary/aromatic N) is 3. The molecule has 1 fully saturated rings. The van der Waals surface area contributed by atoms with Crippen molar-refractivity contribution >= 4 is 11.8 Å². The molecule has 1 aromatic heterocycles. The largest absolute Gasteiger partial charge is 0.354 e. The Morgan fingerprint density at radius 1 is 1.28 bits per heavy atom. The van der Waals surface area contributed by atoms with Gasteiger partial charge in [-0.3, -0.25) is 9.59 Å². The summed E-state index contributed by atoms with van der Waals surface area (Å²) in [6.45, 7) is 4.35. The molecule has 1 aliphatic rings. The van der Waals surface area contributed by atoms with Crippen molar-refractivity contribution in [2.45, 2.75) is 26.3 Å². The third-order valence-corrected chi connectivity index (χ3v) is 4.67. The summed E-state index contributed by atoms with van der Waals surface area (Å²) in [5, 5.41) is 2.94. The number of aryl methyl sites for hydroxylation is 1. The Hall–Kier alpha value is -2.63. The minimum atomic E-state index is -0.243. The van der Waals surface area contributed by atoms with Crippen LogP contribution in [0.1, 0.15) is 17.8 Å². The fourth-order valence-corrected chi connectivity index (χ4v) is 3.16. The van der Waals surface area contributed by atoms with Crippen molar-refractivity contribution in [3.63, 3.8) is 0 Å². The Kier molecular flexibility index (Phi) is 5.48. The molecule has 2 aromatic rings. The second kappa shape index (κ2) is 7.96. The average Bonchev–Trinajstić information content (AvgIpc) is 3.20. The average molecular weight is 340 g/mol. The van der Waals surface area contributed by atoms with E-state index in [2.05, 4.69) is 22.4 Å². The number of imidazole rings is 1. The normalized spacial score (nSPS) is 17.1. The van der Waals surface area contributed by atoms with Crippen LogP contribution in [0.2, 0.25) is 0 Å².